The van der Waals surface area contributed by atoms with E-state index in [2.05, 4.69) is 5.32 Å². The Bertz CT molecular complexity index is 517. The van der Waals surface area contributed by atoms with Crippen LogP contribution in [0.25, 0.3) is 0 Å². The van der Waals surface area contributed by atoms with Crippen molar-refractivity contribution in [2.45, 2.75) is 33.1 Å². The molecule has 0 aliphatic carbocycles. The van der Waals surface area contributed by atoms with Crippen molar-refractivity contribution < 1.29 is 13.6 Å². The molecule has 1 atom stereocenters. The lowest BCUT2D eigenvalue weighted by molar-refractivity contribution is -0.130. The fourth-order valence-electron chi connectivity index (χ4n) is 2.28. The lowest BCUT2D eigenvalue weighted by Gasteiger charge is -2.36. The average molecular weight is 265 g/mol. The maximum atomic E-state index is 12.8. The Labute approximate surface area is 111 Å². The molecule has 2 nitrogen and oxygen atoms in total. The molecule has 0 saturated carbocycles. The van der Waals surface area contributed by atoms with Gasteiger partial charge < -0.3 is 5.32 Å². The lowest BCUT2D eigenvalue weighted by atomic mass is 9.72. The van der Waals surface area contributed by atoms with Crippen LogP contribution < -0.4 is 5.32 Å². The van der Waals surface area contributed by atoms with Crippen molar-refractivity contribution in [3.63, 3.8) is 0 Å². The Morgan fingerprint density at radius 2 is 1.79 bits per heavy atom. The molecule has 0 spiro atoms. The van der Waals surface area contributed by atoms with Crippen molar-refractivity contribution in [1.29, 1.82) is 0 Å². The van der Waals surface area contributed by atoms with Crippen LogP contribution in [-0.4, -0.2) is 12.3 Å². The van der Waals surface area contributed by atoms with E-state index >= 15 is 0 Å². The number of halogens is 2. The molecule has 19 heavy (non-hydrogen) atoms. The third-order valence-corrected chi connectivity index (χ3v) is 3.64. The first-order valence-corrected chi connectivity index (χ1v) is 6.20. The van der Waals surface area contributed by atoms with Crippen LogP contribution in [0.2, 0.25) is 0 Å². The van der Waals surface area contributed by atoms with E-state index in [9.17, 15) is 13.6 Å². The summed E-state index contributed by atoms with van der Waals surface area (Å²) in [6.07, 6.45) is -1.19. The monoisotopic (exact) mass is 265 g/mol. The smallest absolute Gasteiger partial charge is 0.278 e. The molecule has 1 aromatic carbocycles. The number of carbonyl (C=O) groups is 1. The van der Waals surface area contributed by atoms with Gasteiger partial charge in [-0.2, -0.15) is 0 Å². The quantitative estimate of drug-likeness (QED) is 0.872. The fraction of sp³-hybridized carbons (Fsp3) is 0.400. The Kier molecular flexibility index (Phi) is 3.43. The van der Waals surface area contributed by atoms with Gasteiger partial charge in [-0.3, -0.25) is 4.79 Å². The van der Waals surface area contributed by atoms with Crippen LogP contribution in [0.15, 0.2) is 36.0 Å². The molecule has 4 heteroatoms. The predicted molar refractivity (Wildman–Crippen MR) is 69.9 cm³/mol. The molecule has 1 aliphatic heterocycles. The van der Waals surface area contributed by atoms with E-state index in [0.29, 0.717) is 0 Å². The minimum absolute atomic E-state index is 0.296. The van der Waals surface area contributed by atoms with Gasteiger partial charge in [0.1, 0.15) is 0 Å². The zero-order chi connectivity index (χ0) is 14.2. The first-order valence-electron chi connectivity index (χ1n) is 6.20. The highest BCUT2D eigenvalue weighted by Gasteiger charge is 2.41. The van der Waals surface area contributed by atoms with Gasteiger partial charge >= 0.3 is 0 Å². The molecule has 1 aliphatic rings. The molecule has 0 aromatic heterocycles. The summed E-state index contributed by atoms with van der Waals surface area (Å²) in [5.74, 6) is -0.707. The Hall–Kier alpha value is -1.71. The molecule has 102 valence electrons. The molecular weight excluding hydrogens is 248 g/mol. The van der Waals surface area contributed by atoms with Crippen LogP contribution in [0.4, 0.5) is 8.78 Å². The van der Waals surface area contributed by atoms with Gasteiger partial charge in [-0.15, -0.1) is 0 Å². The maximum Gasteiger partial charge on any atom is 0.278 e. The average Bonchev–Trinajstić information content (AvgIpc) is 2.33. The van der Waals surface area contributed by atoms with E-state index in [4.69, 9.17) is 0 Å². The summed E-state index contributed by atoms with van der Waals surface area (Å²) in [6.45, 7) is 5.50. The summed E-state index contributed by atoms with van der Waals surface area (Å²) < 4.78 is 25.6. The van der Waals surface area contributed by atoms with Gasteiger partial charge in [-0.25, -0.2) is 8.78 Å². The van der Waals surface area contributed by atoms with Crippen molar-refractivity contribution in [2.24, 2.45) is 5.41 Å². The molecule has 1 N–H and O–H groups in total. The van der Waals surface area contributed by atoms with Crippen molar-refractivity contribution in [3.05, 3.63) is 47.2 Å². The second kappa shape index (κ2) is 4.76. The molecule has 1 aromatic rings. The summed E-state index contributed by atoms with van der Waals surface area (Å²) in [4.78, 5) is 12.0. The van der Waals surface area contributed by atoms with Crippen LogP contribution in [0.1, 0.15) is 30.9 Å². The van der Waals surface area contributed by atoms with E-state index < -0.39 is 11.8 Å². The largest absolute Gasteiger partial charge is 0.324 e. The maximum absolute atomic E-state index is 12.8. The first-order chi connectivity index (χ1) is 8.82. The van der Waals surface area contributed by atoms with Gasteiger partial charge in [-0.1, -0.05) is 49.8 Å². The van der Waals surface area contributed by atoms with Crippen molar-refractivity contribution in [1.82, 2.24) is 5.32 Å². The zero-order valence-electron chi connectivity index (χ0n) is 11.2. The van der Waals surface area contributed by atoms with Crippen LogP contribution in [0.5, 0.6) is 0 Å². The molecule has 2 rings (SSSR count). The Balaban J connectivity index is 2.47. The van der Waals surface area contributed by atoms with Crippen LogP contribution in [-0.2, 0) is 4.79 Å². The highest BCUT2D eigenvalue weighted by atomic mass is 19.3. The number of hydrogen-bond acceptors (Lipinski definition) is 1. The number of nitrogens with one attached hydrogen (secondary N) is 1. The van der Waals surface area contributed by atoms with Crippen LogP contribution >= 0.6 is 0 Å². The summed E-state index contributed by atoms with van der Waals surface area (Å²) in [5.41, 5.74) is 0.937. The third-order valence-electron chi connectivity index (χ3n) is 3.64. The van der Waals surface area contributed by atoms with Gasteiger partial charge in [0.15, 0.2) is 0 Å². The Morgan fingerprint density at radius 3 is 2.32 bits per heavy atom. The third kappa shape index (κ3) is 2.53. The van der Waals surface area contributed by atoms with E-state index in [0.717, 1.165) is 11.1 Å². The number of amides is 1. The number of alkyl halides is 2. The fourth-order valence-corrected chi connectivity index (χ4v) is 2.28. The van der Waals surface area contributed by atoms with Crippen molar-refractivity contribution in [3.8, 4) is 0 Å². The van der Waals surface area contributed by atoms with Gasteiger partial charge in [0, 0.05) is 5.92 Å². The van der Waals surface area contributed by atoms with E-state index in [1.165, 1.54) is 6.08 Å². The minimum Gasteiger partial charge on any atom is -0.324 e. The number of rotatable bonds is 2. The van der Waals surface area contributed by atoms with Gasteiger partial charge in [0.25, 0.3) is 6.43 Å². The highest BCUT2D eigenvalue weighted by Crippen LogP contribution is 2.40. The van der Waals surface area contributed by atoms with Crippen molar-refractivity contribution >= 4 is 5.91 Å². The van der Waals surface area contributed by atoms with E-state index in [1.54, 1.807) is 13.8 Å². The molecule has 1 unspecified atom stereocenters. The molecule has 0 saturated heterocycles. The zero-order valence-corrected chi connectivity index (χ0v) is 11.2. The van der Waals surface area contributed by atoms with E-state index in [1.807, 2.05) is 31.2 Å². The van der Waals surface area contributed by atoms with Gasteiger partial charge in [0.2, 0.25) is 5.91 Å². The predicted octanol–water partition coefficient (Wildman–Crippen LogP) is 3.38. The van der Waals surface area contributed by atoms with Gasteiger partial charge in [0.05, 0.1) is 11.1 Å². The van der Waals surface area contributed by atoms with Crippen LogP contribution in [0.3, 0.4) is 0 Å². The number of carbonyl (C=O) groups excluding carboxylic acids is 1. The van der Waals surface area contributed by atoms with Crippen LogP contribution in [0, 0.1) is 12.3 Å². The molecule has 1 heterocycles. The SMILES string of the molecule is Cc1ccc(C2C=C(C(F)F)NC(=O)C2(C)C)cc1. The molecular formula is C15H17F2NO. The molecule has 1 amide bonds. The second-order valence-electron chi connectivity index (χ2n) is 5.49. The lowest BCUT2D eigenvalue weighted by Crippen LogP contribution is -2.45. The first kappa shape index (κ1) is 13.7. The standard InChI is InChI=1S/C15H17F2NO/c1-9-4-6-10(7-5-9)11-8-12(13(16)17)18-14(19)15(11,2)3/h4-8,11,13H,1-3H3,(H,18,19). The topological polar surface area (TPSA) is 29.1 Å². The van der Waals surface area contributed by atoms with E-state index in [-0.39, 0.29) is 17.5 Å². The minimum atomic E-state index is -2.66. The summed E-state index contributed by atoms with van der Waals surface area (Å²) in [7, 11) is 0. The summed E-state index contributed by atoms with van der Waals surface area (Å²) in [6, 6.07) is 7.63. The number of hydrogen-bond donors (Lipinski definition) is 1. The molecule has 0 bridgehead atoms. The number of benzene rings is 1. The second-order valence-corrected chi connectivity index (χ2v) is 5.49. The van der Waals surface area contributed by atoms with Gasteiger partial charge in [-0.05, 0) is 12.5 Å². The highest BCUT2D eigenvalue weighted by molar-refractivity contribution is 5.86. The number of aryl methyl sites for hydroxylation is 1. The molecule has 0 fully saturated rings. The summed E-state index contributed by atoms with van der Waals surface area (Å²) in [5, 5.41) is 2.29. The Morgan fingerprint density at radius 1 is 1.21 bits per heavy atom. The molecule has 0 radical (unpaired) electrons. The number of allylic oxidation sites excluding steroid dienone is 2. The van der Waals surface area contributed by atoms with Crippen molar-refractivity contribution in [2.75, 3.05) is 0 Å². The summed E-state index contributed by atoms with van der Waals surface area (Å²) >= 11 is 0. The normalized spacial score (nSPS) is 22.1.